The van der Waals surface area contributed by atoms with Gasteiger partial charge in [0.1, 0.15) is 11.6 Å². The highest BCUT2D eigenvalue weighted by Crippen LogP contribution is 2.33. The van der Waals surface area contributed by atoms with E-state index in [2.05, 4.69) is 15.0 Å². The Balaban J connectivity index is 0.000000301. The molecule has 8 nitrogen and oxygen atoms in total. The number of hydrogen-bond donors (Lipinski definition) is 2. The van der Waals surface area contributed by atoms with Gasteiger partial charge in [0.25, 0.3) is 0 Å². The van der Waals surface area contributed by atoms with Crippen LogP contribution in [0, 0.1) is 31.5 Å². The predicted octanol–water partition coefficient (Wildman–Crippen LogP) is 4.26. The second-order valence-corrected chi connectivity index (χ2v) is 8.95. The van der Waals surface area contributed by atoms with Crippen LogP contribution in [-0.4, -0.2) is 75.6 Å². The van der Waals surface area contributed by atoms with Gasteiger partial charge < -0.3 is 14.7 Å². The maximum Gasteiger partial charge on any atom is 0.490 e. The molecule has 1 aromatic carbocycles. The normalized spacial score (nSPS) is 19.7. The molecule has 3 heterocycles. The van der Waals surface area contributed by atoms with Gasteiger partial charge in [-0.3, -0.25) is 9.80 Å². The molecule has 2 saturated heterocycles. The molecule has 0 amide bonds. The number of alkyl halides is 6. The molecule has 1 aromatic heterocycles. The first-order valence-electron chi connectivity index (χ1n) is 11.2. The molecule has 15 heteroatoms. The fourth-order valence-corrected chi connectivity index (χ4v) is 4.29. The van der Waals surface area contributed by atoms with Gasteiger partial charge in [0.2, 0.25) is 0 Å². The van der Waals surface area contributed by atoms with Crippen LogP contribution >= 0.6 is 0 Å². The van der Waals surface area contributed by atoms with E-state index < -0.39 is 24.3 Å². The highest BCUT2D eigenvalue weighted by molar-refractivity contribution is 5.73. The third-order valence-electron chi connectivity index (χ3n) is 5.98. The number of nitrogens with zero attached hydrogens (tertiary/aromatic N) is 3. The zero-order valence-corrected chi connectivity index (χ0v) is 20.3. The van der Waals surface area contributed by atoms with Gasteiger partial charge in [-0.05, 0) is 43.4 Å². The quantitative estimate of drug-likeness (QED) is 0.538. The minimum Gasteiger partial charge on any atom is -0.475 e. The van der Waals surface area contributed by atoms with Crippen LogP contribution in [0.3, 0.4) is 0 Å². The average Bonchev–Trinajstić information content (AvgIpc) is 3.42. The second kappa shape index (κ2) is 12.6. The van der Waals surface area contributed by atoms with Crippen LogP contribution in [0.1, 0.15) is 22.6 Å². The van der Waals surface area contributed by atoms with Gasteiger partial charge in [-0.1, -0.05) is 17.3 Å². The Kier molecular flexibility index (Phi) is 10.3. The van der Waals surface area contributed by atoms with Crippen molar-refractivity contribution in [2.45, 2.75) is 39.3 Å². The molecule has 2 atom stereocenters. The average molecular weight is 557 g/mol. The summed E-state index contributed by atoms with van der Waals surface area (Å²) in [5, 5.41) is 18.3. The Labute approximate surface area is 212 Å². The summed E-state index contributed by atoms with van der Waals surface area (Å²) < 4.78 is 82.1. The van der Waals surface area contributed by atoms with Gasteiger partial charge in [0.15, 0.2) is 0 Å². The van der Waals surface area contributed by atoms with Crippen LogP contribution in [0.15, 0.2) is 28.8 Å². The molecular weight excluding hydrogens is 531 g/mol. The van der Waals surface area contributed by atoms with E-state index in [0.717, 1.165) is 68.1 Å². The third-order valence-corrected chi connectivity index (χ3v) is 5.98. The van der Waals surface area contributed by atoms with Crippen LogP contribution in [0.25, 0.3) is 0 Å². The Morgan fingerprint density at radius 3 is 1.74 bits per heavy atom. The summed E-state index contributed by atoms with van der Waals surface area (Å²) in [6, 6.07) is 6.97. The van der Waals surface area contributed by atoms with Gasteiger partial charge in [0.05, 0.1) is 5.69 Å². The number of halogens is 7. The Morgan fingerprint density at radius 1 is 0.921 bits per heavy atom. The van der Waals surface area contributed by atoms with E-state index in [1.54, 1.807) is 12.1 Å². The van der Waals surface area contributed by atoms with Crippen molar-refractivity contribution >= 4 is 11.9 Å². The van der Waals surface area contributed by atoms with Gasteiger partial charge >= 0.3 is 24.3 Å². The number of likely N-dealkylation sites (tertiary alicyclic amines) is 2. The van der Waals surface area contributed by atoms with Crippen molar-refractivity contribution in [2.75, 3.05) is 26.2 Å². The first kappa shape index (κ1) is 31.0. The monoisotopic (exact) mass is 557 g/mol. The summed E-state index contributed by atoms with van der Waals surface area (Å²) in [5.41, 5.74) is 3.33. The molecule has 0 radical (unpaired) electrons. The number of benzene rings is 1. The molecular formula is C23H26F7N3O5. The standard InChI is InChI=1S/C19H24FN3O.2C2HF3O2/c1-13-19(14(2)24-21-13)12-23-10-16-8-22(9-17(16)11-23)7-15-4-3-5-18(20)6-15;2*3-2(4,5)1(6)7/h3-6,16-17H,7-12H2,1-2H3;2*(H,6,7)/t16-,17+;;. The van der Waals surface area contributed by atoms with Crippen LogP contribution in [0.5, 0.6) is 0 Å². The first-order chi connectivity index (χ1) is 17.5. The molecule has 2 aliphatic rings. The molecule has 2 aliphatic heterocycles. The van der Waals surface area contributed by atoms with Crippen molar-refractivity contribution in [3.8, 4) is 0 Å². The number of rotatable bonds is 4. The smallest absolute Gasteiger partial charge is 0.475 e. The van der Waals surface area contributed by atoms with E-state index in [0.29, 0.717) is 0 Å². The lowest BCUT2D eigenvalue weighted by Gasteiger charge is -2.21. The maximum absolute atomic E-state index is 13.3. The number of aliphatic carboxylic acids is 2. The minimum absolute atomic E-state index is 0.141. The summed E-state index contributed by atoms with van der Waals surface area (Å²) in [5.74, 6) is -3.27. The molecule has 0 aliphatic carbocycles. The zero-order chi connectivity index (χ0) is 28.8. The zero-order valence-electron chi connectivity index (χ0n) is 20.3. The minimum atomic E-state index is -5.08. The largest absolute Gasteiger partial charge is 0.490 e. The number of carbonyl (C=O) groups is 2. The maximum atomic E-state index is 13.3. The van der Waals surface area contributed by atoms with Crippen LogP contribution in [-0.2, 0) is 22.7 Å². The van der Waals surface area contributed by atoms with Crippen molar-refractivity contribution in [1.29, 1.82) is 0 Å². The molecule has 0 bridgehead atoms. The topological polar surface area (TPSA) is 107 Å². The van der Waals surface area contributed by atoms with Crippen molar-refractivity contribution in [2.24, 2.45) is 11.8 Å². The summed E-state index contributed by atoms with van der Waals surface area (Å²) >= 11 is 0. The predicted molar refractivity (Wildman–Crippen MR) is 117 cm³/mol. The molecule has 4 rings (SSSR count). The number of hydrogen-bond acceptors (Lipinski definition) is 6. The number of aryl methyl sites for hydroxylation is 2. The number of carboxylic acids is 2. The summed E-state index contributed by atoms with van der Waals surface area (Å²) in [6.45, 7) is 10.3. The molecule has 2 fully saturated rings. The van der Waals surface area contributed by atoms with E-state index in [9.17, 15) is 30.7 Å². The van der Waals surface area contributed by atoms with Gasteiger partial charge in [-0.2, -0.15) is 26.3 Å². The Hall–Kier alpha value is -3.20. The van der Waals surface area contributed by atoms with Crippen molar-refractivity contribution in [1.82, 2.24) is 15.0 Å². The van der Waals surface area contributed by atoms with E-state index in [4.69, 9.17) is 24.3 Å². The number of carboxylic acid groups (broad SMARTS) is 2. The van der Waals surface area contributed by atoms with Crippen molar-refractivity contribution < 1.29 is 55.1 Å². The van der Waals surface area contributed by atoms with Crippen molar-refractivity contribution in [3.05, 3.63) is 52.7 Å². The molecule has 212 valence electrons. The van der Waals surface area contributed by atoms with Gasteiger partial charge in [0, 0.05) is 44.8 Å². The van der Waals surface area contributed by atoms with Crippen molar-refractivity contribution in [3.63, 3.8) is 0 Å². The van der Waals surface area contributed by atoms with E-state index >= 15 is 0 Å². The Bertz CT molecular complexity index is 1050. The SMILES string of the molecule is Cc1noc(C)c1CN1C[C@H]2CN(Cc3cccc(F)c3)C[C@H]2C1.O=C(O)C(F)(F)F.O=C(O)C(F)(F)F. The molecule has 0 spiro atoms. The van der Waals surface area contributed by atoms with Crippen LogP contribution in [0.4, 0.5) is 30.7 Å². The lowest BCUT2D eigenvalue weighted by Crippen LogP contribution is -2.28. The summed E-state index contributed by atoms with van der Waals surface area (Å²) in [7, 11) is 0. The fraction of sp³-hybridized carbons (Fsp3) is 0.522. The lowest BCUT2D eigenvalue weighted by molar-refractivity contribution is -0.193. The molecule has 2 aromatic rings. The van der Waals surface area contributed by atoms with E-state index in [1.807, 2.05) is 19.9 Å². The highest BCUT2D eigenvalue weighted by Gasteiger charge is 2.40. The fourth-order valence-electron chi connectivity index (χ4n) is 4.29. The van der Waals surface area contributed by atoms with Crippen LogP contribution < -0.4 is 0 Å². The van der Waals surface area contributed by atoms with E-state index in [1.165, 1.54) is 11.6 Å². The lowest BCUT2D eigenvalue weighted by atomic mass is 10.0. The third kappa shape index (κ3) is 9.28. The number of aromatic nitrogens is 1. The number of fused-ring (bicyclic) bond motifs is 1. The van der Waals surface area contributed by atoms with Gasteiger partial charge in [-0.25, -0.2) is 14.0 Å². The molecule has 0 saturated carbocycles. The highest BCUT2D eigenvalue weighted by atomic mass is 19.4. The van der Waals surface area contributed by atoms with Gasteiger partial charge in [-0.15, -0.1) is 0 Å². The Morgan fingerprint density at radius 2 is 1.37 bits per heavy atom. The second-order valence-electron chi connectivity index (χ2n) is 8.95. The molecule has 0 unspecified atom stereocenters. The molecule has 38 heavy (non-hydrogen) atoms. The summed E-state index contributed by atoms with van der Waals surface area (Å²) in [6.07, 6.45) is -10.2. The first-order valence-corrected chi connectivity index (χ1v) is 11.2. The van der Waals surface area contributed by atoms with E-state index in [-0.39, 0.29) is 5.82 Å². The van der Waals surface area contributed by atoms with Crippen LogP contribution in [0.2, 0.25) is 0 Å². The summed E-state index contributed by atoms with van der Waals surface area (Å²) in [4.78, 5) is 22.8. The molecule has 2 N–H and O–H groups in total.